The number of hydrogen-bond acceptors (Lipinski definition) is 2. The van der Waals surface area contributed by atoms with Gasteiger partial charge in [0.1, 0.15) is 0 Å². The van der Waals surface area contributed by atoms with Gasteiger partial charge in [-0.25, -0.2) is 0 Å². The SMILES string of the molecule is CCn1cc(C(O)CCc2ccccc2C)cn1. The first-order valence-electron chi connectivity index (χ1n) is 6.45. The van der Waals surface area contributed by atoms with Gasteiger partial charge < -0.3 is 5.11 Å². The molecule has 0 saturated heterocycles. The zero-order valence-corrected chi connectivity index (χ0v) is 11.0. The molecule has 1 heterocycles. The fraction of sp³-hybridized carbons (Fsp3) is 0.400. The van der Waals surface area contributed by atoms with E-state index in [1.165, 1.54) is 11.1 Å². The molecule has 18 heavy (non-hydrogen) atoms. The van der Waals surface area contributed by atoms with Crippen LogP contribution in [-0.4, -0.2) is 14.9 Å². The summed E-state index contributed by atoms with van der Waals surface area (Å²) >= 11 is 0. The van der Waals surface area contributed by atoms with Crippen molar-refractivity contribution in [3.63, 3.8) is 0 Å². The Labute approximate surface area is 108 Å². The first-order chi connectivity index (χ1) is 8.70. The van der Waals surface area contributed by atoms with E-state index in [0.717, 1.165) is 24.9 Å². The van der Waals surface area contributed by atoms with E-state index in [4.69, 9.17) is 0 Å². The van der Waals surface area contributed by atoms with Crippen LogP contribution in [0.5, 0.6) is 0 Å². The van der Waals surface area contributed by atoms with Crippen molar-refractivity contribution >= 4 is 0 Å². The summed E-state index contributed by atoms with van der Waals surface area (Å²) in [5, 5.41) is 14.3. The summed E-state index contributed by atoms with van der Waals surface area (Å²) in [4.78, 5) is 0. The van der Waals surface area contributed by atoms with Gasteiger partial charge in [-0.3, -0.25) is 4.68 Å². The average molecular weight is 244 g/mol. The molecule has 0 bridgehead atoms. The Balaban J connectivity index is 1.96. The van der Waals surface area contributed by atoms with Crippen LogP contribution in [0.25, 0.3) is 0 Å². The number of aromatic nitrogens is 2. The fourth-order valence-corrected chi connectivity index (χ4v) is 2.07. The molecule has 96 valence electrons. The molecule has 0 spiro atoms. The van der Waals surface area contributed by atoms with E-state index < -0.39 is 6.10 Å². The largest absolute Gasteiger partial charge is 0.388 e. The molecule has 0 amide bonds. The molecule has 0 fully saturated rings. The molecule has 1 unspecified atom stereocenters. The Morgan fingerprint density at radius 1 is 1.33 bits per heavy atom. The van der Waals surface area contributed by atoms with Crippen molar-refractivity contribution in [3.8, 4) is 0 Å². The predicted molar refractivity (Wildman–Crippen MR) is 72.4 cm³/mol. The van der Waals surface area contributed by atoms with Crippen molar-refractivity contribution in [2.75, 3.05) is 0 Å². The lowest BCUT2D eigenvalue weighted by Crippen LogP contribution is -2.00. The molecule has 3 heteroatoms. The van der Waals surface area contributed by atoms with Gasteiger partial charge in [0.25, 0.3) is 0 Å². The monoisotopic (exact) mass is 244 g/mol. The van der Waals surface area contributed by atoms with Crippen LogP contribution in [-0.2, 0) is 13.0 Å². The minimum Gasteiger partial charge on any atom is -0.388 e. The van der Waals surface area contributed by atoms with Crippen LogP contribution in [0.3, 0.4) is 0 Å². The minimum atomic E-state index is -0.426. The molecule has 3 nitrogen and oxygen atoms in total. The molecule has 0 aliphatic carbocycles. The summed E-state index contributed by atoms with van der Waals surface area (Å²) < 4.78 is 1.84. The van der Waals surface area contributed by atoms with Gasteiger partial charge in [-0.1, -0.05) is 24.3 Å². The third kappa shape index (κ3) is 2.99. The summed E-state index contributed by atoms with van der Waals surface area (Å²) in [7, 11) is 0. The number of hydrogen-bond donors (Lipinski definition) is 1. The van der Waals surface area contributed by atoms with Crippen LogP contribution in [0.2, 0.25) is 0 Å². The third-order valence-corrected chi connectivity index (χ3v) is 3.31. The van der Waals surface area contributed by atoms with E-state index in [0.29, 0.717) is 0 Å². The molecule has 0 aliphatic heterocycles. The van der Waals surface area contributed by atoms with Crippen LogP contribution >= 0.6 is 0 Å². The van der Waals surface area contributed by atoms with Gasteiger partial charge in [0, 0.05) is 18.3 Å². The number of aliphatic hydroxyl groups is 1. The van der Waals surface area contributed by atoms with E-state index in [2.05, 4.69) is 24.2 Å². The second-order valence-electron chi connectivity index (χ2n) is 4.61. The lowest BCUT2D eigenvalue weighted by Gasteiger charge is -2.09. The standard InChI is InChI=1S/C15H20N2O/c1-3-17-11-14(10-16-17)15(18)9-8-13-7-5-4-6-12(13)2/h4-7,10-11,15,18H,3,8-9H2,1-2H3. The third-order valence-electron chi connectivity index (χ3n) is 3.31. The maximum Gasteiger partial charge on any atom is 0.0823 e. The molecule has 0 radical (unpaired) electrons. The molecule has 2 aromatic rings. The Bertz CT molecular complexity index is 505. The molecule has 1 N–H and O–H groups in total. The van der Waals surface area contributed by atoms with E-state index in [-0.39, 0.29) is 0 Å². The highest BCUT2D eigenvalue weighted by Crippen LogP contribution is 2.19. The van der Waals surface area contributed by atoms with Gasteiger partial charge in [-0.05, 0) is 37.8 Å². The lowest BCUT2D eigenvalue weighted by atomic mass is 10.0. The Morgan fingerprint density at radius 2 is 2.11 bits per heavy atom. The zero-order chi connectivity index (χ0) is 13.0. The van der Waals surface area contributed by atoms with Crippen molar-refractivity contribution in [2.45, 2.75) is 39.3 Å². The number of benzene rings is 1. The van der Waals surface area contributed by atoms with E-state index >= 15 is 0 Å². The molecular formula is C15H20N2O. The zero-order valence-electron chi connectivity index (χ0n) is 11.0. The maximum atomic E-state index is 10.1. The van der Waals surface area contributed by atoms with E-state index in [1.807, 2.05) is 29.9 Å². The average Bonchev–Trinajstić information content (AvgIpc) is 2.86. The Morgan fingerprint density at radius 3 is 2.78 bits per heavy atom. The molecule has 0 saturated carbocycles. The summed E-state index contributed by atoms with van der Waals surface area (Å²) in [6.45, 7) is 4.98. The fourth-order valence-electron chi connectivity index (χ4n) is 2.07. The minimum absolute atomic E-state index is 0.426. The molecule has 2 rings (SSSR count). The first-order valence-corrected chi connectivity index (χ1v) is 6.45. The van der Waals surface area contributed by atoms with Crippen LogP contribution in [0, 0.1) is 6.92 Å². The van der Waals surface area contributed by atoms with Crippen LogP contribution in [0.15, 0.2) is 36.7 Å². The van der Waals surface area contributed by atoms with Gasteiger partial charge in [-0.15, -0.1) is 0 Å². The Hall–Kier alpha value is -1.61. The summed E-state index contributed by atoms with van der Waals surface area (Å²) in [5.41, 5.74) is 3.50. The van der Waals surface area contributed by atoms with Gasteiger partial charge >= 0.3 is 0 Å². The van der Waals surface area contributed by atoms with Gasteiger partial charge in [0.05, 0.1) is 12.3 Å². The summed E-state index contributed by atoms with van der Waals surface area (Å²) in [6, 6.07) is 8.32. The van der Waals surface area contributed by atoms with Crippen molar-refractivity contribution in [3.05, 3.63) is 53.3 Å². The number of rotatable bonds is 5. The normalized spacial score (nSPS) is 12.6. The number of aryl methyl sites for hydroxylation is 3. The molecule has 1 atom stereocenters. The smallest absolute Gasteiger partial charge is 0.0823 e. The van der Waals surface area contributed by atoms with Crippen molar-refractivity contribution < 1.29 is 5.11 Å². The van der Waals surface area contributed by atoms with Gasteiger partial charge in [0.15, 0.2) is 0 Å². The topological polar surface area (TPSA) is 38.0 Å². The van der Waals surface area contributed by atoms with Gasteiger partial charge in [-0.2, -0.15) is 5.10 Å². The predicted octanol–water partition coefficient (Wildman–Crippen LogP) is 2.88. The highest BCUT2D eigenvalue weighted by Gasteiger charge is 2.10. The van der Waals surface area contributed by atoms with Crippen molar-refractivity contribution in [1.29, 1.82) is 0 Å². The first kappa shape index (κ1) is 12.8. The second kappa shape index (κ2) is 5.83. The highest BCUT2D eigenvalue weighted by molar-refractivity contribution is 5.25. The van der Waals surface area contributed by atoms with E-state index in [9.17, 15) is 5.11 Å². The van der Waals surface area contributed by atoms with Crippen molar-refractivity contribution in [1.82, 2.24) is 9.78 Å². The van der Waals surface area contributed by atoms with Crippen molar-refractivity contribution in [2.24, 2.45) is 0 Å². The second-order valence-corrected chi connectivity index (χ2v) is 4.61. The quantitative estimate of drug-likeness (QED) is 0.878. The highest BCUT2D eigenvalue weighted by atomic mass is 16.3. The molecule has 1 aromatic carbocycles. The van der Waals surface area contributed by atoms with Gasteiger partial charge in [0.2, 0.25) is 0 Å². The van der Waals surface area contributed by atoms with E-state index in [1.54, 1.807) is 6.20 Å². The molecule has 1 aromatic heterocycles. The van der Waals surface area contributed by atoms with Crippen LogP contribution in [0.1, 0.15) is 36.1 Å². The number of nitrogens with zero attached hydrogens (tertiary/aromatic N) is 2. The lowest BCUT2D eigenvalue weighted by molar-refractivity contribution is 0.167. The van der Waals surface area contributed by atoms with Crippen LogP contribution in [0.4, 0.5) is 0 Å². The Kier molecular flexibility index (Phi) is 4.15. The molecular weight excluding hydrogens is 224 g/mol. The maximum absolute atomic E-state index is 10.1. The molecule has 0 aliphatic rings. The summed E-state index contributed by atoms with van der Waals surface area (Å²) in [6.07, 6.45) is 4.88. The summed E-state index contributed by atoms with van der Waals surface area (Å²) in [5.74, 6) is 0. The number of aliphatic hydroxyl groups excluding tert-OH is 1. The van der Waals surface area contributed by atoms with Crippen LogP contribution < -0.4 is 0 Å².